The monoisotopic (exact) mass is 161 g/mol. The Morgan fingerprint density at radius 3 is 2.75 bits per heavy atom. The van der Waals surface area contributed by atoms with Crippen molar-refractivity contribution >= 4 is 0 Å². The van der Waals surface area contributed by atoms with Crippen molar-refractivity contribution in [3.63, 3.8) is 0 Å². The Morgan fingerprint density at radius 1 is 1.42 bits per heavy atom. The highest BCUT2D eigenvalue weighted by Crippen LogP contribution is 2.41. The first-order valence-corrected chi connectivity index (χ1v) is 4.74. The van der Waals surface area contributed by atoms with Crippen molar-refractivity contribution in [3.05, 3.63) is 29.6 Å². The molecule has 1 aromatic rings. The zero-order chi connectivity index (χ0) is 8.55. The quantitative estimate of drug-likeness (QED) is 0.649. The average Bonchev–Trinajstić information content (AvgIpc) is 2.87. The van der Waals surface area contributed by atoms with Crippen LogP contribution in [0.1, 0.15) is 49.8 Å². The molecular weight excluding hydrogens is 146 g/mol. The minimum absolute atomic E-state index is 0.620. The van der Waals surface area contributed by atoms with Gasteiger partial charge in [0.15, 0.2) is 0 Å². The molecule has 0 radical (unpaired) electrons. The number of pyridine rings is 1. The second-order valence-corrected chi connectivity index (χ2v) is 3.91. The summed E-state index contributed by atoms with van der Waals surface area (Å²) in [6.07, 6.45) is 4.60. The molecule has 1 heterocycles. The third kappa shape index (κ3) is 1.36. The van der Waals surface area contributed by atoms with Gasteiger partial charge in [-0.2, -0.15) is 0 Å². The minimum atomic E-state index is 0.620. The molecule has 1 aliphatic carbocycles. The first-order chi connectivity index (χ1) is 5.79. The van der Waals surface area contributed by atoms with Gasteiger partial charge in [0, 0.05) is 17.8 Å². The van der Waals surface area contributed by atoms with Crippen LogP contribution in [0.3, 0.4) is 0 Å². The van der Waals surface area contributed by atoms with E-state index < -0.39 is 0 Å². The van der Waals surface area contributed by atoms with Crippen molar-refractivity contribution in [2.24, 2.45) is 0 Å². The van der Waals surface area contributed by atoms with Crippen LogP contribution in [-0.4, -0.2) is 4.98 Å². The van der Waals surface area contributed by atoms with E-state index in [2.05, 4.69) is 24.9 Å². The molecule has 0 unspecified atom stereocenters. The molecular formula is C11H15N. The molecule has 0 saturated heterocycles. The Hall–Kier alpha value is -0.850. The van der Waals surface area contributed by atoms with Crippen LogP contribution >= 0.6 is 0 Å². The SMILES string of the molecule is CC(C)c1cccnc1C1CC1. The van der Waals surface area contributed by atoms with Gasteiger partial charge in [-0.05, 0) is 30.4 Å². The molecule has 64 valence electrons. The van der Waals surface area contributed by atoms with Crippen LogP contribution in [0.25, 0.3) is 0 Å². The molecule has 0 atom stereocenters. The summed E-state index contributed by atoms with van der Waals surface area (Å²) in [5.41, 5.74) is 2.80. The predicted molar refractivity (Wildman–Crippen MR) is 50.3 cm³/mol. The van der Waals surface area contributed by atoms with Crippen molar-refractivity contribution in [1.82, 2.24) is 4.98 Å². The molecule has 0 N–H and O–H groups in total. The van der Waals surface area contributed by atoms with E-state index in [9.17, 15) is 0 Å². The summed E-state index contributed by atoms with van der Waals surface area (Å²) in [5.74, 6) is 1.40. The fourth-order valence-corrected chi connectivity index (χ4v) is 1.62. The molecule has 1 heteroatoms. The lowest BCUT2D eigenvalue weighted by atomic mass is 9.99. The lowest BCUT2D eigenvalue weighted by molar-refractivity contribution is 0.821. The number of nitrogens with zero attached hydrogens (tertiary/aromatic N) is 1. The second kappa shape index (κ2) is 2.89. The fourth-order valence-electron chi connectivity index (χ4n) is 1.62. The second-order valence-electron chi connectivity index (χ2n) is 3.91. The van der Waals surface area contributed by atoms with Gasteiger partial charge in [0.25, 0.3) is 0 Å². The van der Waals surface area contributed by atoms with E-state index in [-0.39, 0.29) is 0 Å². The van der Waals surface area contributed by atoms with E-state index in [0.717, 1.165) is 5.92 Å². The highest BCUT2D eigenvalue weighted by molar-refractivity contribution is 5.28. The summed E-state index contributed by atoms with van der Waals surface area (Å²) in [5, 5.41) is 0. The minimum Gasteiger partial charge on any atom is -0.261 e. The zero-order valence-electron chi connectivity index (χ0n) is 7.75. The van der Waals surface area contributed by atoms with Gasteiger partial charge in [-0.15, -0.1) is 0 Å². The summed E-state index contributed by atoms with van der Waals surface area (Å²) >= 11 is 0. The lowest BCUT2D eigenvalue weighted by Gasteiger charge is -2.09. The first-order valence-electron chi connectivity index (χ1n) is 4.74. The van der Waals surface area contributed by atoms with Crippen LogP contribution in [0, 0.1) is 0 Å². The van der Waals surface area contributed by atoms with Crippen molar-refractivity contribution in [2.45, 2.75) is 38.5 Å². The van der Waals surface area contributed by atoms with Crippen molar-refractivity contribution in [1.29, 1.82) is 0 Å². The number of hydrogen-bond acceptors (Lipinski definition) is 1. The van der Waals surface area contributed by atoms with E-state index in [4.69, 9.17) is 0 Å². The first kappa shape index (κ1) is 7.78. The number of rotatable bonds is 2. The molecule has 2 rings (SSSR count). The Balaban J connectivity index is 2.36. The molecule has 0 amide bonds. The third-order valence-electron chi connectivity index (χ3n) is 2.46. The zero-order valence-corrected chi connectivity index (χ0v) is 7.75. The fraction of sp³-hybridized carbons (Fsp3) is 0.545. The molecule has 1 nitrogen and oxygen atoms in total. The molecule has 12 heavy (non-hydrogen) atoms. The van der Waals surface area contributed by atoms with Gasteiger partial charge >= 0.3 is 0 Å². The van der Waals surface area contributed by atoms with Crippen LogP contribution < -0.4 is 0 Å². The van der Waals surface area contributed by atoms with E-state index in [1.54, 1.807) is 0 Å². The molecule has 0 bridgehead atoms. The summed E-state index contributed by atoms with van der Waals surface area (Å²) in [6.45, 7) is 4.48. The van der Waals surface area contributed by atoms with Crippen LogP contribution in [0.2, 0.25) is 0 Å². The highest BCUT2D eigenvalue weighted by atomic mass is 14.7. The molecule has 1 fully saturated rings. The third-order valence-corrected chi connectivity index (χ3v) is 2.46. The summed E-state index contributed by atoms with van der Waals surface area (Å²) in [6, 6.07) is 4.26. The normalized spacial score (nSPS) is 16.9. The number of aromatic nitrogens is 1. The largest absolute Gasteiger partial charge is 0.261 e. The van der Waals surface area contributed by atoms with Crippen LogP contribution in [0.15, 0.2) is 18.3 Å². The Bertz CT molecular complexity index is 253. The van der Waals surface area contributed by atoms with E-state index in [1.165, 1.54) is 24.1 Å². The van der Waals surface area contributed by atoms with Gasteiger partial charge in [0.1, 0.15) is 0 Å². The van der Waals surface area contributed by atoms with Gasteiger partial charge in [0.05, 0.1) is 0 Å². The Morgan fingerprint density at radius 2 is 2.17 bits per heavy atom. The van der Waals surface area contributed by atoms with Gasteiger partial charge in [-0.25, -0.2) is 0 Å². The Kier molecular flexibility index (Phi) is 1.87. The molecule has 1 aliphatic rings. The maximum atomic E-state index is 4.46. The molecule has 0 aliphatic heterocycles. The summed E-state index contributed by atoms with van der Waals surface area (Å²) in [4.78, 5) is 4.46. The highest BCUT2D eigenvalue weighted by Gasteiger charge is 2.27. The maximum absolute atomic E-state index is 4.46. The maximum Gasteiger partial charge on any atom is 0.0469 e. The van der Waals surface area contributed by atoms with Crippen molar-refractivity contribution in [3.8, 4) is 0 Å². The average molecular weight is 161 g/mol. The van der Waals surface area contributed by atoms with Gasteiger partial charge in [0.2, 0.25) is 0 Å². The molecule has 1 saturated carbocycles. The molecule has 0 spiro atoms. The van der Waals surface area contributed by atoms with Crippen molar-refractivity contribution in [2.75, 3.05) is 0 Å². The topological polar surface area (TPSA) is 12.9 Å². The predicted octanol–water partition coefficient (Wildman–Crippen LogP) is 3.08. The van der Waals surface area contributed by atoms with Crippen LogP contribution in [0.5, 0.6) is 0 Å². The molecule has 1 aromatic heterocycles. The van der Waals surface area contributed by atoms with E-state index in [1.807, 2.05) is 12.3 Å². The van der Waals surface area contributed by atoms with Gasteiger partial charge < -0.3 is 0 Å². The Labute approximate surface area is 73.8 Å². The van der Waals surface area contributed by atoms with E-state index >= 15 is 0 Å². The summed E-state index contributed by atoms with van der Waals surface area (Å²) < 4.78 is 0. The van der Waals surface area contributed by atoms with Gasteiger partial charge in [-0.3, -0.25) is 4.98 Å². The standard InChI is InChI=1S/C11H15N/c1-8(2)10-4-3-7-12-11(10)9-5-6-9/h3-4,7-9H,5-6H2,1-2H3. The summed E-state index contributed by atoms with van der Waals surface area (Å²) in [7, 11) is 0. The number of hydrogen-bond donors (Lipinski definition) is 0. The van der Waals surface area contributed by atoms with Crippen LogP contribution in [-0.2, 0) is 0 Å². The lowest BCUT2D eigenvalue weighted by Crippen LogP contribution is -1.96. The van der Waals surface area contributed by atoms with Crippen molar-refractivity contribution < 1.29 is 0 Å². The van der Waals surface area contributed by atoms with E-state index in [0.29, 0.717) is 5.92 Å². The van der Waals surface area contributed by atoms with Crippen LogP contribution in [0.4, 0.5) is 0 Å². The molecule has 0 aromatic carbocycles. The smallest absolute Gasteiger partial charge is 0.0469 e. The van der Waals surface area contributed by atoms with Gasteiger partial charge in [-0.1, -0.05) is 19.9 Å².